The smallest absolute Gasteiger partial charge is 0.220 e. The Hall–Kier alpha value is -2.34. The number of thiophene rings is 1. The number of amides is 1. The molecule has 0 fully saturated rings. The number of ether oxygens (including phenoxy) is 2. The van der Waals surface area contributed by atoms with Crippen molar-refractivity contribution in [3.05, 3.63) is 45.6 Å². The van der Waals surface area contributed by atoms with Crippen LogP contribution in [-0.2, 0) is 11.2 Å². The van der Waals surface area contributed by atoms with Crippen molar-refractivity contribution in [3.8, 4) is 11.5 Å². The molecule has 0 aliphatic rings. The van der Waals surface area contributed by atoms with Gasteiger partial charge in [-0.3, -0.25) is 9.59 Å². The molecule has 0 saturated heterocycles. The Bertz CT molecular complexity index is 739. The predicted octanol–water partition coefficient (Wildman–Crippen LogP) is 3.40. The fourth-order valence-electron chi connectivity index (χ4n) is 2.41. The standard InChI is InChI=1S/C19H23NO4S/c1-13-4-8-18(25-13)15(21)6-9-19(22)20-11-10-14-5-7-16(23-2)17(12-14)24-3/h4-5,7-8,12H,6,9-11H2,1-3H3,(H,20,22). The minimum absolute atomic E-state index is 0.0214. The van der Waals surface area contributed by atoms with Crippen LogP contribution in [0.1, 0.15) is 33.0 Å². The lowest BCUT2D eigenvalue weighted by atomic mass is 10.1. The number of benzene rings is 1. The van der Waals surface area contributed by atoms with E-state index in [4.69, 9.17) is 9.47 Å². The van der Waals surface area contributed by atoms with Gasteiger partial charge in [-0.1, -0.05) is 6.07 Å². The molecule has 0 saturated carbocycles. The van der Waals surface area contributed by atoms with Crippen LogP contribution in [-0.4, -0.2) is 32.5 Å². The molecule has 25 heavy (non-hydrogen) atoms. The van der Waals surface area contributed by atoms with E-state index < -0.39 is 0 Å². The van der Waals surface area contributed by atoms with Crippen LogP contribution in [0.2, 0.25) is 0 Å². The summed E-state index contributed by atoms with van der Waals surface area (Å²) in [4.78, 5) is 25.7. The van der Waals surface area contributed by atoms with Crippen molar-refractivity contribution in [1.29, 1.82) is 0 Å². The first-order valence-electron chi connectivity index (χ1n) is 8.10. The molecule has 134 valence electrons. The first-order chi connectivity index (χ1) is 12.0. The van der Waals surface area contributed by atoms with E-state index in [1.807, 2.05) is 37.3 Å². The largest absolute Gasteiger partial charge is 0.493 e. The van der Waals surface area contributed by atoms with Gasteiger partial charge in [0, 0.05) is 24.3 Å². The molecule has 0 aliphatic carbocycles. The zero-order valence-electron chi connectivity index (χ0n) is 14.8. The summed E-state index contributed by atoms with van der Waals surface area (Å²) in [5.41, 5.74) is 1.04. The number of carbonyl (C=O) groups is 2. The van der Waals surface area contributed by atoms with Crippen LogP contribution in [0.5, 0.6) is 11.5 Å². The summed E-state index contributed by atoms with van der Waals surface area (Å²) >= 11 is 1.47. The van der Waals surface area contributed by atoms with Gasteiger partial charge in [0.25, 0.3) is 0 Å². The van der Waals surface area contributed by atoms with Crippen molar-refractivity contribution in [2.24, 2.45) is 0 Å². The number of rotatable bonds is 9. The van der Waals surface area contributed by atoms with Gasteiger partial charge >= 0.3 is 0 Å². The summed E-state index contributed by atoms with van der Waals surface area (Å²) in [7, 11) is 3.19. The zero-order chi connectivity index (χ0) is 18.2. The van der Waals surface area contributed by atoms with Gasteiger partial charge in [0.2, 0.25) is 5.91 Å². The Morgan fingerprint density at radius 1 is 1.04 bits per heavy atom. The molecule has 2 aromatic rings. The number of Topliss-reactive ketones (excluding diaryl/α,β-unsaturated/α-hetero) is 1. The van der Waals surface area contributed by atoms with Gasteiger partial charge in [-0.2, -0.15) is 0 Å². The monoisotopic (exact) mass is 361 g/mol. The van der Waals surface area contributed by atoms with E-state index >= 15 is 0 Å². The minimum atomic E-state index is -0.109. The molecule has 2 rings (SSSR count). The van der Waals surface area contributed by atoms with E-state index in [0.29, 0.717) is 24.5 Å². The summed E-state index contributed by atoms with van der Waals surface area (Å²) in [6, 6.07) is 9.42. The molecule has 1 amide bonds. The van der Waals surface area contributed by atoms with Crippen molar-refractivity contribution < 1.29 is 19.1 Å². The number of ketones is 1. The first kappa shape index (κ1) is 19.0. The van der Waals surface area contributed by atoms with Crippen molar-refractivity contribution in [2.45, 2.75) is 26.2 Å². The first-order valence-corrected chi connectivity index (χ1v) is 8.92. The SMILES string of the molecule is COc1ccc(CCNC(=O)CCC(=O)c2ccc(C)s2)cc1OC. The Morgan fingerprint density at radius 2 is 1.80 bits per heavy atom. The normalized spacial score (nSPS) is 10.4. The van der Waals surface area contributed by atoms with E-state index in [-0.39, 0.29) is 24.5 Å². The third kappa shape index (κ3) is 5.60. The number of methoxy groups -OCH3 is 2. The van der Waals surface area contributed by atoms with Crippen LogP contribution in [0.3, 0.4) is 0 Å². The van der Waals surface area contributed by atoms with Gasteiger partial charge in [0.1, 0.15) is 0 Å². The van der Waals surface area contributed by atoms with Gasteiger partial charge in [-0.15, -0.1) is 11.3 Å². The summed E-state index contributed by atoms with van der Waals surface area (Å²) in [5.74, 6) is 1.26. The van der Waals surface area contributed by atoms with Crippen molar-refractivity contribution in [2.75, 3.05) is 20.8 Å². The molecule has 0 radical (unpaired) electrons. The predicted molar refractivity (Wildman–Crippen MR) is 98.9 cm³/mol. The third-order valence-electron chi connectivity index (χ3n) is 3.78. The van der Waals surface area contributed by atoms with Gasteiger partial charge in [0.05, 0.1) is 19.1 Å². The number of hydrogen-bond donors (Lipinski definition) is 1. The summed E-state index contributed by atoms with van der Waals surface area (Å²) < 4.78 is 10.5. The molecule has 1 heterocycles. The summed E-state index contributed by atoms with van der Waals surface area (Å²) in [5, 5.41) is 2.85. The third-order valence-corrected chi connectivity index (χ3v) is 4.82. The second-order valence-corrected chi connectivity index (χ2v) is 6.91. The topological polar surface area (TPSA) is 64.6 Å². The van der Waals surface area contributed by atoms with Crippen LogP contribution >= 0.6 is 11.3 Å². The van der Waals surface area contributed by atoms with Crippen molar-refractivity contribution in [1.82, 2.24) is 5.32 Å². The zero-order valence-corrected chi connectivity index (χ0v) is 15.6. The van der Waals surface area contributed by atoms with E-state index in [1.54, 1.807) is 14.2 Å². The van der Waals surface area contributed by atoms with Crippen LogP contribution in [0, 0.1) is 6.92 Å². The van der Waals surface area contributed by atoms with Gasteiger partial charge < -0.3 is 14.8 Å². The molecule has 0 unspecified atom stereocenters. The number of nitrogens with one attached hydrogen (secondary N) is 1. The number of aryl methyl sites for hydroxylation is 1. The lowest BCUT2D eigenvalue weighted by Gasteiger charge is -2.10. The Kier molecular flexibility index (Phi) is 7.01. The Balaban J connectivity index is 1.74. The second kappa shape index (κ2) is 9.22. The van der Waals surface area contributed by atoms with E-state index in [0.717, 1.165) is 15.3 Å². The highest BCUT2D eigenvalue weighted by Crippen LogP contribution is 2.27. The Labute approximate surface area is 152 Å². The molecule has 5 nitrogen and oxygen atoms in total. The van der Waals surface area contributed by atoms with Crippen LogP contribution in [0.25, 0.3) is 0 Å². The Morgan fingerprint density at radius 3 is 2.44 bits per heavy atom. The fourth-order valence-corrected chi connectivity index (χ4v) is 3.24. The molecule has 0 spiro atoms. The van der Waals surface area contributed by atoms with E-state index in [1.165, 1.54) is 11.3 Å². The molecule has 0 aliphatic heterocycles. The van der Waals surface area contributed by atoms with Crippen LogP contribution in [0.15, 0.2) is 30.3 Å². The minimum Gasteiger partial charge on any atom is -0.493 e. The molecule has 0 bridgehead atoms. The quantitative estimate of drug-likeness (QED) is 0.695. The number of hydrogen-bond acceptors (Lipinski definition) is 5. The summed E-state index contributed by atoms with van der Waals surface area (Å²) in [6.07, 6.45) is 1.13. The van der Waals surface area contributed by atoms with E-state index in [2.05, 4.69) is 5.32 Å². The molecule has 1 aromatic heterocycles. The lowest BCUT2D eigenvalue weighted by Crippen LogP contribution is -2.26. The highest BCUT2D eigenvalue weighted by molar-refractivity contribution is 7.14. The summed E-state index contributed by atoms with van der Waals surface area (Å²) in [6.45, 7) is 2.48. The van der Waals surface area contributed by atoms with Gasteiger partial charge in [0.15, 0.2) is 17.3 Å². The molecule has 6 heteroatoms. The van der Waals surface area contributed by atoms with Crippen LogP contribution in [0.4, 0.5) is 0 Å². The van der Waals surface area contributed by atoms with Gasteiger partial charge in [-0.25, -0.2) is 0 Å². The maximum Gasteiger partial charge on any atom is 0.220 e. The highest BCUT2D eigenvalue weighted by Gasteiger charge is 2.11. The molecular formula is C19H23NO4S. The maximum atomic E-state index is 12.0. The molecule has 1 N–H and O–H groups in total. The van der Waals surface area contributed by atoms with Crippen LogP contribution < -0.4 is 14.8 Å². The van der Waals surface area contributed by atoms with Gasteiger partial charge in [-0.05, 0) is 43.2 Å². The lowest BCUT2D eigenvalue weighted by molar-refractivity contribution is -0.121. The fraction of sp³-hybridized carbons (Fsp3) is 0.368. The average molecular weight is 361 g/mol. The van der Waals surface area contributed by atoms with Crippen molar-refractivity contribution >= 4 is 23.0 Å². The molecule has 0 atom stereocenters. The van der Waals surface area contributed by atoms with E-state index in [9.17, 15) is 9.59 Å². The number of carbonyl (C=O) groups excluding carboxylic acids is 2. The average Bonchev–Trinajstić information content (AvgIpc) is 3.06. The molecular weight excluding hydrogens is 338 g/mol. The second-order valence-electron chi connectivity index (χ2n) is 5.62. The maximum absolute atomic E-state index is 12.0. The van der Waals surface area contributed by atoms with Crippen molar-refractivity contribution in [3.63, 3.8) is 0 Å². The highest BCUT2D eigenvalue weighted by atomic mass is 32.1. The molecule has 1 aromatic carbocycles.